The highest BCUT2D eigenvalue weighted by atomic mass is 35.5. The number of nitrogens with one attached hydrogen (secondary N) is 2. The maximum absolute atomic E-state index is 12.0. The van der Waals surface area contributed by atoms with Crippen molar-refractivity contribution in [3.05, 3.63) is 34.9 Å². The minimum atomic E-state index is -0.00952. The average molecular weight is 297 g/mol. The Hall–Kier alpha value is -1.10. The number of carbonyl (C=O) groups is 1. The third-order valence-electron chi connectivity index (χ3n) is 3.68. The lowest BCUT2D eigenvalue weighted by molar-refractivity contribution is 0.0906. The zero-order valence-corrected chi connectivity index (χ0v) is 12.3. The molecule has 4 nitrogen and oxygen atoms in total. The summed E-state index contributed by atoms with van der Waals surface area (Å²) in [5, 5.41) is 6.18. The van der Waals surface area contributed by atoms with Crippen LogP contribution in [-0.2, 0) is 17.8 Å². The molecule has 0 bridgehead atoms. The van der Waals surface area contributed by atoms with Crippen LogP contribution in [0.2, 0.25) is 0 Å². The lowest BCUT2D eigenvalue weighted by Crippen LogP contribution is -2.27. The van der Waals surface area contributed by atoms with Gasteiger partial charge in [0, 0.05) is 31.8 Å². The normalized spacial score (nSPS) is 16.4. The van der Waals surface area contributed by atoms with Crippen molar-refractivity contribution in [2.24, 2.45) is 5.92 Å². The number of ether oxygens (including phenoxy) is 1. The predicted octanol–water partition coefficient (Wildman–Crippen LogP) is 1.87. The van der Waals surface area contributed by atoms with Gasteiger partial charge in [0.05, 0.1) is 6.61 Å². The molecular weight excluding hydrogens is 276 g/mol. The molecule has 1 heterocycles. The van der Waals surface area contributed by atoms with Crippen LogP contribution in [0.4, 0.5) is 0 Å². The first-order valence-electron chi connectivity index (χ1n) is 7.01. The first kappa shape index (κ1) is 15.3. The molecule has 2 N–H and O–H groups in total. The van der Waals surface area contributed by atoms with Crippen molar-refractivity contribution < 1.29 is 9.53 Å². The van der Waals surface area contributed by atoms with E-state index >= 15 is 0 Å². The molecule has 1 aromatic carbocycles. The third kappa shape index (κ3) is 3.95. The molecular formula is C15H21ClN2O2. The fourth-order valence-corrected chi connectivity index (χ4v) is 2.31. The summed E-state index contributed by atoms with van der Waals surface area (Å²) in [6.07, 6.45) is 2.60. The molecule has 1 saturated carbocycles. The third-order valence-corrected chi connectivity index (χ3v) is 3.68. The first-order chi connectivity index (χ1) is 9.33. The van der Waals surface area contributed by atoms with Crippen LogP contribution in [0.15, 0.2) is 18.2 Å². The van der Waals surface area contributed by atoms with Crippen LogP contribution in [0.1, 0.15) is 34.3 Å². The van der Waals surface area contributed by atoms with Crippen molar-refractivity contribution in [1.29, 1.82) is 0 Å². The molecule has 1 aromatic rings. The van der Waals surface area contributed by atoms with Crippen LogP contribution in [0.25, 0.3) is 0 Å². The molecule has 3 rings (SSSR count). The van der Waals surface area contributed by atoms with Crippen LogP contribution >= 0.6 is 12.4 Å². The number of amides is 1. The number of rotatable bonds is 6. The number of halogens is 1. The van der Waals surface area contributed by atoms with Gasteiger partial charge >= 0.3 is 0 Å². The fourth-order valence-electron chi connectivity index (χ4n) is 2.31. The predicted molar refractivity (Wildman–Crippen MR) is 80.1 cm³/mol. The Morgan fingerprint density at radius 3 is 2.90 bits per heavy atom. The van der Waals surface area contributed by atoms with E-state index in [1.807, 2.05) is 18.2 Å². The monoisotopic (exact) mass is 296 g/mol. The van der Waals surface area contributed by atoms with E-state index in [0.29, 0.717) is 13.2 Å². The van der Waals surface area contributed by atoms with E-state index in [9.17, 15) is 4.79 Å². The van der Waals surface area contributed by atoms with Crippen LogP contribution in [-0.4, -0.2) is 25.7 Å². The lowest BCUT2D eigenvalue weighted by Gasteiger charge is -2.07. The second kappa shape index (κ2) is 7.07. The van der Waals surface area contributed by atoms with E-state index in [0.717, 1.165) is 31.2 Å². The summed E-state index contributed by atoms with van der Waals surface area (Å²) in [6, 6.07) is 5.91. The van der Waals surface area contributed by atoms with Gasteiger partial charge in [0.15, 0.2) is 0 Å². The van der Waals surface area contributed by atoms with Crippen molar-refractivity contribution in [3.63, 3.8) is 0 Å². The van der Waals surface area contributed by atoms with Crippen molar-refractivity contribution in [2.75, 3.05) is 19.8 Å². The Bertz CT molecular complexity index is 475. The molecule has 20 heavy (non-hydrogen) atoms. The average Bonchev–Trinajstić information content (AvgIpc) is 3.13. The molecule has 1 aliphatic carbocycles. The molecule has 0 spiro atoms. The van der Waals surface area contributed by atoms with Crippen molar-refractivity contribution in [3.8, 4) is 0 Å². The van der Waals surface area contributed by atoms with Crippen molar-refractivity contribution in [1.82, 2.24) is 10.6 Å². The zero-order chi connectivity index (χ0) is 13.1. The molecule has 110 valence electrons. The van der Waals surface area contributed by atoms with Gasteiger partial charge in [0.25, 0.3) is 5.91 Å². The van der Waals surface area contributed by atoms with Gasteiger partial charge < -0.3 is 15.4 Å². The lowest BCUT2D eigenvalue weighted by atomic mass is 10.1. The highest BCUT2D eigenvalue weighted by molar-refractivity contribution is 5.94. The summed E-state index contributed by atoms with van der Waals surface area (Å²) < 4.78 is 5.49. The van der Waals surface area contributed by atoms with Crippen molar-refractivity contribution in [2.45, 2.75) is 25.9 Å². The minimum Gasteiger partial charge on any atom is -0.379 e. The van der Waals surface area contributed by atoms with Gasteiger partial charge in [-0.3, -0.25) is 4.79 Å². The van der Waals surface area contributed by atoms with E-state index in [1.54, 1.807) is 0 Å². The van der Waals surface area contributed by atoms with Gasteiger partial charge in [-0.15, -0.1) is 12.4 Å². The minimum absolute atomic E-state index is 0. The molecule has 0 unspecified atom stereocenters. The molecule has 2 aliphatic rings. The summed E-state index contributed by atoms with van der Waals surface area (Å²) in [7, 11) is 0. The van der Waals surface area contributed by atoms with Crippen LogP contribution in [0, 0.1) is 5.92 Å². The zero-order valence-electron chi connectivity index (χ0n) is 11.5. The van der Waals surface area contributed by atoms with E-state index in [4.69, 9.17) is 4.74 Å². The number of benzene rings is 1. The molecule has 0 radical (unpaired) electrons. The number of hydrogen-bond donors (Lipinski definition) is 2. The Labute approximate surface area is 125 Å². The topological polar surface area (TPSA) is 50.4 Å². The molecule has 1 amide bonds. The number of carbonyl (C=O) groups excluding carboxylic acids is 1. The summed E-state index contributed by atoms with van der Waals surface area (Å²) in [6.45, 7) is 3.81. The van der Waals surface area contributed by atoms with E-state index in [2.05, 4.69) is 10.6 Å². The molecule has 5 heteroatoms. The number of fused-ring (bicyclic) bond motifs is 1. The SMILES string of the molecule is Cl.O=C(NCCOCC1CC1)c1ccc2c(c1)CNC2. The summed E-state index contributed by atoms with van der Waals surface area (Å²) in [5.74, 6) is 0.768. The highest BCUT2D eigenvalue weighted by Crippen LogP contribution is 2.28. The summed E-state index contributed by atoms with van der Waals surface area (Å²) in [4.78, 5) is 12.0. The van der Waals surface area contributed by atoms with Crippen LogP contribution in [0.3, 0.4) is 0 Å². The molecule has 1 aliphatic heterocycles. The van der Waals surface area contributed by atoms with E-state index in [1.165, 1.54) is 24.0 Å². The van der Waals surface area contributed by atoms with Gasteiger partial charge in [-0.1, -0.05) is 6.07 Å². The van der Waals surface area contributed by atoms with Gasteiger partial charge in [-0.05, 0) is 42.0 Å². The smallest absolute Gasteiger partial charge is 0.251 e. The maximum atomic E-state index is 12.0. The Morgan fingerprint density at radius 2 is 2.10 bits per heavy atom. The number of hydrogen-bond acceptors (Lipinski definition) is 3. The quantitative estimate of drug-likeness (QED) is 0.788. The molecule has 0 aromatic heterocycles. The first-order valence-corrected chi connectivity index (χ1v) is 7.01. The molecule has 1 fully saturated rings. The standard InChI is InChI=1S/C15H20N2O2.ClH/c18-15(17-5-6-19-10-11-1-2-11)12-3-4-13-8-16-9-14(13)7-12;/h3-4,7,11,16H,1-2,5-6,8-10H2,(H,17,18);1H. The van der Waals surface area contributed by atoms with Crippen LogP contribution < -0.4 is 10.6 Å². The maximum Gasteiger partial charge on any atom is 0.251 e. The molecule has 0 saturated heterocycles. The second-order valence-electron chi connectivity index (χ2n) is 5.36. The molecule has 0 atom stereocenters. The van der Waals surface area contributed by atoms with Gasteiger partial charge in [-0.2, -0.15) is 0 Å². The second-order valence-corrected chi connectivity index (χ2v) is 5.36. The van der Waals surface area contributed by atoms with Gasteiger partial charge in [-0.25, -0.2) is 0 Å². The Balaban J connectivity index is 0.00000147. The largest absolute Gasteiger partial charge is 0.379 e. The van der Waals surface area contributed by atoms with E-state index in [-0.39, 0.29) is 18.3 Å². The summed E-state index contributed by atoms with van der Waals surface area (Å²) >= 11 is 0. The van der Waals surface area contributed by atoms with Gasteiger partial charge in [0.1, 0.15) is 0 Å². The summed E-state index contributed by atoms with van der Waals surface area (Å²) in [5.41, 5.74) is 3.27. The highest BCUT2D eigenvalue weighted by Gasteiger charge is 2.20. The Kier molecular flexibility index (Phi) is 5.40. The Morgan fingerprint density at radius 1 is 1.30 bits per heavy atom. The van der Waals surface area contributed by atoms with E-state index < -0.39 is 0 Å². The van der Waals surface area contributed by atoms with Crippen molar-refractivity contribution >= 4 is 18.3 Å². The fraction of sp³-hybridized carbons (Fsp3) is 0.533. The van der Waals surface area contributed by atoms with Crippen LogP contribution in [0.5, 0.6) is 0 Å². The van der Waals surface area contributed by atoms with Gasteiger partial charge in [0.2, 0.25) is 0 Å².